The lowest BCUT2D eigenvalue weighted by Gasteiger charge is -2.23. The van der Waals surface area contributed by atoms with Gasteiger partial charge in [-0.3, -0.25) is 0 Å². The predicted molar refractivity (Wildman–Crippen MR) is 85.1 cm³/mol. The third kappa shape index (κ3) is 14.0. The molecule has 0 bridgehead atoms. The number of aliphatic hydroxyl groups is 6. The molecule has 13 heteroatoms. The van der Waals surface area contributed by atoms with Crippen LogP contribution in [0.15, 0.2) is 30.3 Å². The molecule has 0 radical (unpaired) electrons. The second kappa shape index (κ2) is 15.3. The highest BCUT2D eigenvalue weighted by Gasteiger charge is 2.31. The van der Waals surface area contributed by atoms with E-state index in [1.54, 1.807) is 24.3 Å². The van der Waals surface area contributed by atoms with E-state index in [4.69, 9.17) is 40.4 Å². The molecule has 1 aromatic rings. The van der Waals surface area contributed by atoms with Crippen LogP contribution in [0.25, 0.3) is 0 Å². The fourth-order valence-electron chi connectivity index (χ4n) is 0.985. The summed E-state index contributed by atoms with van der Waals surface area (Å²) in [7, 11) is -5.85. The quantitative estimate of drug-likeness (QED) is 0.202. The highest BCUT2D eigenvalue weighted by molar-refractivity contribution is 7.46. The van der Waals surface area contributed by atoms with E-state index in [1.165, 1.54) is 0 Å². The third-order valence-electron chi connectivity index (χ3n) is 2.58. The normalized spacial score (nSPS) is 11.7. The Morgan fingerprint density at radius 1 is 0.840 bits per heavy atom. The van der Waals surface area contributed by atoms with E-state index in [2.05, 4.69) is 4.31 Å². The molecule has 0 spiro atoms. The standard InChI is InChI=1S/C7H8O2.C5H12O4.O5P2/c8-7(9)6-4-2-1-3-5-6;6-1-5(2-7,3-8)4-9;1-6(2)5-7(3)4/h1-5,7-9H;6-9H,1-4H2;/p+2. The monoisotopic (exact) mass is 404 g/mol. The van der Waals surface area contributed by atoms with E-state index in [0.29, 0.717) is 5.56 Å². The Morgan fingerprint density at radius 3 is 1.32 bits per heavy atom. The van der Waals surface area contributed by atoms with Crippen molar-refractivity contribution in [1.29, 1.82) is 0 Å². The van der Waals surface area contributed by atoms with Crippen molar-refractivity contribution >= 4 is 16.5 Å². The average Bonchev–Trinajstić information content (AvgIpc) is 2.58. The summed E-state index contributed by atoms with van der Waals surface area (Å²) in [4.78, 5) is 15.3. The molecule has 0 aromatic heterocycles. The van der Waals surface area contributed by atoms with Crippen molar-refractivity contribution in [3.63, 3.8) is 0 Å². The molecule has 11 nitrogen and oxygen atoms in total. The zero-order chi connectivity index (χ0) is 19.9. The van der Waals surface area contributed by atoms with Gasteiger partial charge >= 0.3 is 16.5 Å². The van der Waals surface area contributed by atoms with Gasteiger partial charge in [-0.2, -0.15) is 0 Å². The molecule has 0 aliphatic rings. The molecule has 25 heavy (non-hydrogen) atoms. The van der Waals surface area contributed by atoms with Crippen molar-refractivity contribution in [2.75, 3.05) is 26.4 Å². The number of hydrogen-bond acceptors (Lipinski definition) is 9. The Hall–Kier alpha value is -0.940. The van der Waals surface area contributed by atoms with Gasteiger partial charge in [0.1, 0.15) is 0 Å². The maximum atomic E-state index is 9.39. The molecule has 0 saturated heterocycles. The summed E-state index contributed by atoms with van der Waals surface area (Å²) in [6.45, 7) is -1.62. The summed E-state index contributed by atoms with van der Waals surface area (Å²) in [5, 5.41) is 51.1. The van der Waals surface area contributed by atoms with Gasteiger partial charge in [-0.15, -0.1) is 9.79 Å². The molecule has 0 aliphatic heterocycles. The smallest absolute Gasteiger partial charge is 0.396 e. The second-order valence-electron chi connectivity index (χ2n) is 4.47. The van der Waals surface area contributed by atoms with E-state index in [9.17, 15) is 9.13 Å². The Morgan fingerprint density at radius 2 is 1.20 bits per heavy atom. The molecule has 0 fully saturated rings. The zero-order valence-corrected chi connectivity index (χ0v) is 14.8. The summed E-state index contributed by atoms with van der Waals surface area (Å²) < 4.78 is 22.2. The highest BCUT2D eigenvalue weighted by atomic mass is 31.2. The molecule has 2 atom stereocenters. The van der Waals surface area contributed by atoms with Gasteiger partial charge in [0.15, 0.2) is 10.6 Å². The Labute approximate surface area is 145 Å². The number of hydrogen-bond donors (Lipinski definition) is 8. The first-order valence-electron chi connectivity index (χ1n) is 6.53. The minimum Gasteiger partial charge on any atom is -0.396 e. The predicted octanol–water partition coefficient (Wildman–Crippen LogP) is -1.09. The van der Waals surface area contributed by atoms with Crippen molar-refractivity contribution < 1.29 is 53.9 Å². The van der Waals surface area contributed by atoms with Crippen LogP contribution in [0.4, 0.5) is 0 Å². The molecule has 0 heterocycles. The zero-order valence-electron chi connectivity index (χ0n) is 13.0. The first-order chi connectivity index (χ1) is 11.7. The average molecular weight is 404 g/mol. The molecule has 0 saturated carbocycles. The van der Waals surface area contributed by atoms with Gasteiger partial charge < -0.3 is 30.6 Å². The van der Waals surface area contributed by atoms with Crippen LogP contribution in [0.2, 0.25) is 0 Å². The summed E-state index contributed by atoms with van der Waals surface area (Å²) in [5.74, 6) is 0. The van der Waals surface area contributed by atoms with E-state index >= 15 is 0 Å². The maximum Gasteiger partial charge on any atom is 0.745 e. The van der Waals surface area contributed by atoms with E-state index in [-0.39, 0.29) is 0 Å². The summed E-state index contributed by atoms with van der Waals surface area (Å²) in [5.41, 5.74) is -0.586. The molecular formula is C12H22O11P2+2. The van der Waals surface area contributed by atoms with E-state index in [0.717, 1.165) is 0 Å². The van der Waals surface area contributed by atoms with Crippen molar-refractivity contribution in [2.45, 2.75) is 6.29 Å². The van der Waals surface area contributed by atoms with E-state index in [1.807, 2.05) is 6.07 Å². The van der Waals surface area contributed by atoms with Crippen molar-refractivity contribution in [3.8, 4) is 0 Å². The topological polar surface area (TPSA) is 205 Å². The molecule has 8 N–H and O–H groups in total. The van der Waals surface area contributed by atoms with Crippen molar-refractivity contribution in [1.82, 2.24) is 0 Å². The number of rotatable bonds is 7. The van der Waals surface area contributed by atoms with Crippen LogP contribution in [0, 0.1) is 5.41 Å². The summed E-state index contributed by atoms with van der Waals surface area (Å²) in [6, 6.07) is 8.66. The lowest BCUT2D eigenvalue weighted by molar-refractivity contribution is -0.0425. The van der Waals surface area contributed by atoms with Gasteiger partial charge in [-0.05, 0) is 0 Å². The minimum absolute atomic E-state index is 0.406. The second-order valence-corrected chi connectivity index (χ2v) is 6.08. The Balaban J connectivity index is 0. The molecule has 0 amide bonds. The van der Waals surface area contributed by atoms with Gasteiger partial charge in [0.05, 0.1) is 31.8 Å². The van der Waals surface area contributed by atoms with Crippen molar-refractivity contribution in [3.05, 3.63) is 35.9 Å². The minimum atomic E-state index is -2.92. The first kappa shape index (κ1) is 26.3. The van der Waals surface area contributed by atoms with Crippen LogP contribution in [-0.2, 0) is 13.4 Å². The van der Waals surface area contributed by atoms with Gasteiger partial charge in [0, 0.05) is 14.7 Å². The maximum absolute atomic E-state index is 9.39. The number of benzene rings is 1. The first-order valence-corrected chi connectivity index (χ1v) is 8.79. The van der Waals surface area contributed by atoms with Crippen LogP contribution >= 0.6 is 16.5 Å². The molecule has 0 aliphatic carbocycles. The van der Waals surface area contributed by atoms with Gasteiger partial charge in [0.25, 0.3) is 0 Å². The van der Waals surface area contributed by atoms with Crippen LogP contribution in [0.1, 0.15) is 11.9 Å². The summed E-state index contributed by atoms with van der Waals surface area (Å²) >= 11 is 0. The molecule has 1 rings (SSSR count). The Bertz CT molecular complexity index is 450. The fourth-order valence-corrected chi connectivity index (χ4v) is 1.46. The molecule has 2 unspecified atom stereocenters. The third-order valence-corrected chi connectivity index (χ3v) is 3.70. The van der Waals surface area contributed by atoms with E-state index < -0.39 is 54.6 Å². The van der Waals surface area contributed by atoms with Gasteiger partial charge in [-0.1, -0.05) is 30.3 Å². The van der Waals surface area contributed by atoms with Gasteiger partial charge in [-0.25, -0.2) is 0 Å². The largest absolute Gasteiger partial charge is 0.745 e. The molecular weight excluding hydrogens is 382 g/mol. The van der Waals surface area contributed by atoms with Gasteiger partial charge in [0.2, 0.25) is 0 Å². The fraction of sp³-hybridized carbons (Fsp3) is 0.500. The van der Waals surface area contributed by atoms with Crippen LogP contribution in [-0.4, -0.2) is 66.9 Å². The van der Waals surface area contributed by atoms with Crippen LogP contribution in [0.3, 0.4) is 0 Å². The van der Waals surface area contributed by atoms with Crippen LogP contribution in [0.5, 0.6) is 0 Å². The lowest BCUT2D eigenvalue weighted by atomic mass is 9.93. The Kier molecular flexibility index (Phi) is 16.1. The lowest BCUT2D eigenvalue weighted by Crippen LogP contribution is -2.37. The van der Waals surface area contributed by atoms with Crippen LogP contribution < -0.4 is 0 Å². The SMILES string of the molecule is O=[P+](O)O[P+](=O)O.OC(O)c1ccccc1.OCC(CO)(CO)CO. The number of aliphatic hydroxyl groups excluding tert-OH is 5. The molecule has 1 aromatic carbocycles. The van der Waals surface area contributed by atoms with Crippen molar-refractivity contribution in [2.24, 2.45) is 5.41 Å². The highest BCUT2D eigenvalue weighted by Crippen LogP contribution is 2.30. The molecule has 144 valence electrons. The summed E-state index contributed by atoms with van der Waals surface area (Å²) in [6.07, 6.45) is -1.34.